The molecule has 0 saturated carbocycles. The van der Waals surface area contributed by atoms with E-state index in [9.17, 15) is 0 Å². The molecule has 2 aromatic rings. The first-order valence-electron chi connectivity index (χ1n) is 6.44. The molecule has 0 aliphatic heterocycles. The Hall–Kier alpha value is -1.61. The van der Waals surface area contributed by atoms with Crippen molar-refractivity contribution in [1.82, 2.24) is 0 Å². The fraction of sp³-hybridized carbons (Fsp3) is 0.250. The highest BCUT2D eigenvalue weighted by Crippen LogP contribution is 2.24. The number of thioether (sulfide) groups is 1. The highest BCUT2D eigenvalue weighted by atomic mass is 32.2. The standard InChI is InChI=1S/C16H18N2S/c1-13(2)12-19-16-10-8-15(9-11-16)18-17-14-6-4-3-5-7-14/h3-11,13H,12H2,1-2H3. The van der Waals surface area contributed by atoms with Crippen molar-refractivity contribution in [3.63, 3.8) is 0 Å². The summed E-state index contributed by atoms with van der Waals surface area (Å²) < 4.78 is 0. The van der Waals surface area contributed by atoms with Crippen molar-refractivity contribution in [2.75, 3.05) is 5.75 Å². The zero-order chi connectivity index (χ0) is 13.5. The van der Waals surface area contributed by atoms with Gasteiger partial charge in [-0.25, -0.2) is 0 Å². The normalized spacial score (nSPS) is 11.3. The van der Waals surface area contributed by atoms with E-state index in [0.717, 1.165) is 17.1 Å². The van der Waals surface area contributed by atoms with Crippen LogP contribution in [0.2, 0.25) is 0 Å². The van der Waals surface area contributed by atoms with E-state index in [1.165, 1.54) is 4.90 Å². The summed E-state index contributed by atoms with van der Waals surface area (Å²) >= 11 is 1.88. The van der Waals surface area contributed by atoms with Gasteiger partial charge >= 0.3 is 0 Å². The summed E-state index contributed by atoms with van der Waals surface area (Å²) in [6.45, 7) is 4.46. The molecule has 0 radical (unpaired) electrons. The minimum atomic E-state index is 0.711. The van der Waals surface area contributed by atoms with Crippen molar-refractivity contribution in [3.05, 3.63) is 54.6 Å². The monoisotopic (exact) mass is 270 g/mol. The van der Waals surface area contributed by atoms with Gasteiger partial charge in [-0.2, -0.15) is 10.2 Å². The first-order chi connectivity index (χ1) is 9.24. The molecule has 0 unspecified atom stereocenters. The molecule has 0 atom stereocenters. The summed E-state index contributed by atoms with van der Waals surface area (Å²) in [7, 11) is 0. The third-order valence-electron chi connectivity index (χ3n) is 2.46. The van der Waals surface area contributed by atoms with Crippen molar-refractivity contribution in [3.8, 4) is 0 Å². The van der Waals surface area contributed by atoms with Gasteiger partial charge in [-0.05, 0) is 42.3 Å². The molecule has 0 heterocycles. The van der Waals surface area contributed by atoms with Gasteiger partial charge in [-0.3, -0.25) is 0 Å². The number of rotatable bonds is 5. The molecule has 3 heteroatoms. The van der Waals surface area contributed by atoms with Crippen LogP contribution < -0.4 is 0 Å². The minimum absolute atomic E-state index is 0.711. The Morgan fingerprint density at radius 3 is 2.00 bits per heavy atom. The van der Waals surface area contributed by atoms with Crippen LogP contribution in [0.15, 0.2) is 69.7 Å². The molecular weight excluding hydrogens is 252 g/mol. The molecule has 0 N–H and O–H groups in total. The molecule has 0 aromatic heterocycles. The van der Waals surface area contributed by atoms with E-state index in [0.29, 0.717) is 5.92 Å². The Morgan fingerprint density at radius 1 is 0.842 bits per heavy atom. The second-order valence-electron chi connectivity index (χ2n) is 4.73. The highest BCUT2D eigenvalue weighted by molar-refractivity contribution is 7.99. The lowest BCUT2D eigenvalue weighted by atomic mass is 10.3. The van der Waals surface area contributed by atoms with E-state index in [2.05, 4.69) is 36.2 Å². The van der Waals surface area contributed by atoms with Gasteiger partial charge in [0.2, 0.25) is 0 Å². The molecular formula is C16H18N2S. The quantitative estimate of drug-likeness (QED) is 0.494. The van der Waals surface area contributed by atoms with Gasteiger partial charge < -0.3 is 0 Å². The number of azo groups is 1. The first-order valence-corrected chi connectivity index (χ1v) is 7.42. The van der Waals surface area contributed by atoms with Gasteiger partial charge in [0, 0.05) is 10.6 Å². The summed E-state index contributed by atoms with van der Waals surface area (Å²) in [5, 5.41) is 8.43. The third kappa shape index (κ3) is 4.87. The Kier molecular flexibility index (Phi) is 5.16. The number of hydrogen-bond donors (Lipinski definition) is 0. The topological polar surface area (TPSA) is 24.7 Å². The van der Waals surface area contributed by atoms with E-state index in [4.69, 9.17) is 0 Å². The molecule has 0 aliphatic carbocycles. The zero-order valence-electron chi connectivity index (χ0n) is 11.3. The second-order valence-corrected chi connectivity index (χ2v) is 5.83. The molecule has 98 valence electrons. The fourth-order valence-corrected chi connectivity index (χ4v) is 2.34. The van der Waals surface area contributed by atoms with Crippen molar-refractivity contribution < 1.29 is 0 Å². The molecule has 0 spiro atoms. The van der Waals surface area contributed by atoms with Crippen LogP contribution in [0, 0.1) is 5.92 Å². The lowest BCUT2D eigenvalue weighted by Crippen LogP contribution is -1.89. The van der Waals surface area contributed by atoms with Crippen LogP contribution in [0.4, 0.5) is 11.4 Å². The Bertz CT molecular complexity index is 518. The van der Waals surface area contributed by atoms with E-state index >= 15 is 0 Å². The molecule has 0 fully saturated rings. The molecule has 0 saturated heterocycles. The minimum Gasteiger partial charge on any atom is -0.151 e. The van der Waals surface area contributed by atoms with Gasteiger partial charge in [0.25, 0.3) is 0 Å². The molecule has 0 aliphatic rings. The van der Waals surface area contributed by atoms with Gasteiger partial charge in [0.15, 0.2) is 0 Å². The van der Waals surface area contributed by atoms with Crippen LogP contribution in [0.1, 0.15) is 13.8 Å². The van der Waals surface area contributed by atoms with Gasteiger partial charge in [-0.15, -0.1) is 11.8 Å². The van der Waals surface area contributed by atoms with Gasteiger partial charge in [0.05, 0.1) is 11.4 Å². The molecule has 0 bridgehead atoms. The largest absolute Gasteiger partial charge is 0.151 e. The van der Waals surface area contributed by atoms with Crippen LogP contribution >= 0.6 is 11.8 Å². The van der Waals surface area contributed by atoms with E-state index in [-0.39, 0.29) is 0 Å². The number of nitrogens with zero attached hydrogens (tertiary/aromatic N) is 2. The summed E-state index contributed by atoms with van der Waals surface area (Å²) in [5.74, 6) is 1.85. The summed E-state index contributed by atoms with van der Waals surface area (Å²) in [4.78, 5) is 1.28. The molecule has 0 amide bonds. The lowest BCUT2D eigenvalue weighted by molar-refractivity contribution is 0.750. The Balaban J connectivity index is 1.97. The average Bonchev–Trinajstić information content (AvgIpc) is 2.45. The second kappa shape index (κ2) is 7.10. The van der Waals surface area contributed by atoms with Crippen LogP contribution in [0.5, 0.6) is 0 Å². The Labute approximate surface area is 119 Å². The van der Waals surface area contributed by atoms with Crippen molar-refractivity contribution in [2.24, 2.45) is 16.1 Å². The average molecular weight is 270 g/mol. The zero-order valence-corrected chi connectivity index (χ0v) is 12.1. The molecule has 2 aromatic carbocycles. The van der Waals surface area contributed by atoms with Crippen LogP contribution in [0.25, 0.3) is 0 Å². The van der Waals surface area contributed by atoms with Crippen molar-refractivity contribution in [2.45, 2.75) is 18.7 Å². The van der Waals surface area contributed by atoms with E-state index < -0.39 is 0 Å². The van der Waals surface area contributed by atoms with Crippen LogP contribution in [0.3, 0.4) is 0 Å². The van der Waals surface area contributed by atoms with E-state index in [1.54, 1.807) is 0 Å². The highest BCUT2D eigenvalue weighted by Gasteiger charge is 1.97. The maximum absolute atomic E-state index is 4.23. The predicted molar refractivity (Wildman–Crippen MR) is 82.6 cm³/mol. The van der Waals surface area contributed by atoms with Crippen molar-refractivity contribution in [1.29, 1.82) is 0 Å². The maximum Gasteiger partial charge on any atom is 0.0857 e. The molecule has 2 nitrogen and oxygen atoms in total. The van der Waals surface area contributed by atoms with Gasteiger partial charge in [-0.1, -0.05) is 32.0 Å². The third-order valence-corrected chi connectivity index (χ3v) is 3.90. The first kappa shape index (κ1) is 13.8. The van der Waals surface area contributed by atoms with Crippen LogP contribution in [-0.2, 0) is 0 Å². The summed E-state index contributed by atoms with van der Waals surface area (Å²) in [5.41, 5.74) is 1.76. The number of benzene rings is 2. The maximum atomic E-state index is 4.23. The summed E-state index contributed by atoms with van der Waals surface area (Å²) in [6, 6.07) is 18.0. The van der Waals surface area contributed by atoms with E-state index in [1.807, 2.05) is 54.2 Å². The fourth-order valence-electron chi connectivity index (χ4n) is 1.48. The number of hydrogen-bond acceptors (Lipinski definition) is 3. The van der Waals surface area contributed by atoms with Gasteiger partial charge in [0.1, 0.15) is 0 Å². The van der Waals surface area contributed by atoms with Crippen molar-refractivity contribution >= 4 is 23.1 Å². The molecule has 2 rings (SSSR count). The predicted octanol–water partition coefficient (Wildman–Crippen LogP) is 5.85. The Morgan fingerprint density at radius 2 is 1.42 bits per heavy atom. The smallest absolute Gasteiger partial charge is 0.0857 e. The van der Waals surface area contributed by atoms with Crippen LogP contribution in [-0.4, -0.2) is 5.75 Å². The molecule has 19 heavy (non-hydrogen) atoms. The lowest BCUT2D eigenvalue weighted by Gasteiger charge is -2.04. The summed E-state index contributed by atoms with van der Waals surface area (Å²) in [6.07, 6.45) is 0. The SMILES string of the molecule is CC(C)CSc1ccc(N=Nc2ccccc2)cc1.